The van der Waals surface area contributed by atoms with E-state index in [0.29, 0.717) is 30.0 Å². The Bertz CT molecular complexity index is 638. The lowest BCUT2D eigenvalue weighted by Crippen LogP contribution is -2.57. The van der Waals surface area contributed by atoms with Gasteiger partial charge in [0.2, 0.25) is 0 Å². The topological polar surface area (TPSA) is 74.6 Å². The van der Waals surface area contributed by atoms with Crippen LogP contribution in [0.1, 0.15) is 65.2 Å². The van der Waals surface area contributed by atoms with Gasteiger partial charge in [0.15, 0.2) is 0 Å². The second-order valence-electron chi connectivity index (χ2n) is 9.55. The van der Waals surface area contributed by atoms with Gasteiger partial charge in [0.05, 0.1) is 12.5 Å². The zero-order valence-electron chi connectivity index (χ0n) is 15.3. The van der Waals surface area contributed by atoms with Crippen molar-refractivity contribution in [2.75, 3.05) is 0 Å². The third-order valence-corrected chi connectivity index (χ3v) is 8.41. The second-order valence-corrected chi connectivity index (χ2v) is 9.55. The fourth-order valence-electron chi connectivity index (χ4n) is 7.15. The first kappa shape index (κ1) is 17.3. The minimum Gasteiger partial charge on any atom is -0.481 e. The smallest absolute Gasteiger partial charge is 0.307 e. The molecule has 0 saturated heterocycles. The quantitative estimate of drug-likeness (QED) is 0.750. The van der Waals surface area contributed by atoms with Crippen LogP contribution in [0.25, 0.3) is 0 Å². The fourth-order valence-corrected chi connectivity index (χ4v) is 7.15. The van der Waals surface area contributed by atoms with Crippen molar-refractivity contribution in [3.63, 3.8) is 0 Å². The molecule has 0 spiro atoms. The van der Waals surface area contributed by atoms with Crippen molar-refractivity contribution in [2.45, 2.75) is 71.3 Å². The number of aliphatic carboxylic acids is 1. The first-order valence-corrected chi connectivity index (χ1v) is 9.88. The molecule has 4 nitrogen and oxygen atoms in total. The van der Waals surface area contributed by atoms with Gasteiger partial charge in [0, 0.05) is 12.3 Å². The Labute approximate surface area is 149 Å². The van der Waals surface area contributed by atoms with Crippen LogP contribution in [0.15, 0.2) is 11.6 Å². The van der Waals surface area contributed by atoms with E-state index in [-0.39, 0.29) is 29.3 Å². The van der Waals surface area contributed by atoms with E-state index in [9.17, 15) is 19.8 Å². The normalized spacial score (nSPS) is 49.0. The van der Waals surface area contributed by atoms with E-state index in [2.05, 4.69) is 19.9 Å². The molecule has 3 fully saturated rings. The third kappa shape index (κ3) is 2.43. The first-order chi connectivity index (χ1) is 11.8. The number of carbonyl (C=O) groups excluding carboxylic acids is 1. The molecule has 0 aliphatic heterocycles. The molecule has 4 heteroatoms. The summed E-state index contributed by atoms with van der Waals surface area (Å²) in [5.41, 5.74) is 0.743. The maximum absolute atomic E-state index is 13.3. The second kappa shape index (κ2) is 5.67. The molecule has 0 amide bonds. The van der Waals surface area contributed by atoms with Crippen molar-refractivity contribution in [3.05, 3.63) is 11.6 Å². The summed E-state index contributed by atoms with van der Waals surface area (Å²) < 4.78 is 0. The van der Waals surface area contributed by atoms with Crippen LogP contribution in [0.3, 0.4) is 0 Å². The van der Waals surface area contributed by atoms with Crippen LogP contribution in [0.5, 0.6) is 0 Å². The number of aliphatic hydroxyl groups is 1. The highest BCUT2D eigenvalue weighted by Gasteiger charge is 2.61. The van der Waals surface area contributed by atoms with E-state index in [1.807, 2.05) is 0 Å². The molecular formula is C21H30O4. The lowest BCUT2D eigenvalue weighted by Gasteiger charge is -2.59. The van der Waals surface area contributed by atoms with Gasteiger partial charge in [-0.2, -0.15) is 0 Å². The molecule has 7 atom stereocenters. The van der Waals surface area contributed by atoms with Gasteiger partial charge in [0.25, 0.3) is 0 Å². The Hall–Kier alpha value is -1.16. The Balaban J connectivity index is 1.65. The molecule has 2 N–H and O–H groups in total. The average Bonchev–Trinajstić information content (AvgIpc) is 2.83. The van der Waals surface area contributed by atoms with Gasteiger partial charge in [-0.3, -0.25) is 9.59 Å². The van der Waals surface area contributed by atoms with Crippen molar-refractivity contribution in [1.29, 1.82) is 0 Å². The summed E-state index contributed by atoms with van der Waals surface area (Å²) in [6.45, 7) is 4.42. The number of carbonyl (C=O) groups is 2. The monoisotopic (exact) mass is 346 g/mol. The van der Waals surface area contributed by atoms with Crippen LogP contribution in [0, 0.1) is 34.5 Å². The van der Waals surface area contributed by atoms with Gasteiger partial charge < -0.3 is 10.2 Å². The molecule has 4 aliphatic carbocycles. The lowest BCUT2D eigenvalue weighted by molar-refractivity contribution is -0.158. The molecular weight excluding hydrogens is 316 g/mol. The molecule has 0 heterocycles. The number of fused-ring (bicyclic) bond motifs is 5. The van der Waals surface area contributed by atoms with E-state index in [4.69, 9.17) is 0 Å². The fraction of sp³-hybridized carbons (Fsp3) is 0.810. The van der Waals surface area contributed by atoms with Gasteiger partial charge in [-0.1, -0.05) is 25.5 Å². The number of carboxylic acids is 1. The molecule has 0 unspecified atom stereocenters. The van der Waals surface area contributed by atoms with E-state index < -0.39 is 5.97 Å². The van der Waals surface area contributed by atoms with E-state index in [1.165, 1.54) is 0 Å². The molecule has 0 aromatic carbocycles. The summed E-state index contributed by atoms with van der Waals surface area (Å²) in [6.07, 6.45) is 8.18. The summed E-state index contributed by atoms with van der Waals surface area (Å²) in [5.74, 6) is 0.915. The molecule has 0 aromatic rings. The van der Waals surface area contributed by atoms with Gasteiger partial charge >= 0.3 is 5.97 Å². The molecule has 0 bridgehead atoms. The van der Waals surface area contributed by atoms with Crippen molar-refractivity contribution >= 4 is 11.8 Å². The predicted molar refractivity (Wildman–Crippen MR) is 93.8 cm³/mol. The highest BCUT2D eigenvalue weighted by molar-refractivity contribution is 5.85. The Morgan fingerprint density at radius 2 is 2.04 bits per heavy atom. The van der Waals surface area contributed by atoms with Gasteiger partial charge in [0.1, 0.15) is 5.78 Å². The summed E-state index contributed by atoms with van der Waals surface area (Å²) in [5, 5.41) is 19.3. The van der Waals surface area contributed by atoms with Crippen LogP contribution < -0.4 is 0 Å². The molecule has 4 rings (SSSR count). The van der Waals surface area contributed by atoms with Crippen molar-refractivity contribution in [2.24, 2.45) is 34.5 Å². The lowest BCUT2D eigenvalue weighted by atomic mass is 9.44. The SMILES string of the molecule is C[C@]12CC[C@@H](O)C[C@@H]1CC[C@H]1[C@H]2C(=O)C[C@]2(C)C(CC(=O)O)=CC[C@H]12. The van der Waals surface area contributed by atoms with Crippen molar-refractivity contribution in [1.82, 2.24) is 0 Å². The maximum atomic E-state index is 13.3. The van der Waals surface area contributed by atoms with Gasteiger partial charge in [-0.15, -0.1) is 0 Å². The predicted octanol–water partition coefficient (Wildman–Crippen LogP) is 3.58. The molecule has 0 aromatic heterocycles. The van der Waals surface area contributed by atoms with E-state index in [1.54, 1.807) is 0 Å². The van der Waals surface area contributed by atoms with Crippen molar-refractivity contribution < 1.29 is 19.8 Å². The number of allylic oxidation sites excluding steroid dienone is 1. The summed E-state index contributed by atoms with van der Waals surface area (Å²) in [6, 6.07) is 0. The molecule has 25 heavy (non-hydrogen) atoms. The van der Waals surface area contributed by atoms with Crippen LogP contribution >= 0.6 is 0 Å². The number of rotatable bonds is 2. The highest BCUT2D eigenvalue weighted by Crippen LogP contribution is 2.65. The van der Waals surface area contributed by atoms with Gasteiger partial charge in [-0.25, -0.2) is 0 Å². The summed E-state index contributed by atoms with van der Waals surface area (Å²) in [7, 11) is 0. The molecule has 0 radical (unpaired) electrons. The average molecular weight is 346 g/mol. The van der Waals surface area contributed by atoms with Crippen molar-refractivity contribution in [3.8, 4) is 0 Å². The van der Waals surface area contributed by atoms with E-state index in [0.717, 1.165) is 44.1 Å². The number of hydrogen-bond acceptors (Lipinski definition) is 3. The summed E-state index contributed by atoms with van der Waals surface area (Å²) >= 11 is 0. The number of carboxylic acid groups (broad SMARTS) is 1. The Kier molecular flexibility index (Phi) is 3.91. The zero-order valence-corrected chi connectivity index (χ0v) is 15.3. The number of hydrogen-bond donors (Lipinski definition) is 2. The Morgan fingerprint density at radius 1 is 1.28 bits per heavy atom. The zero-order chi connectivity index (χ0) is 18.0. The van der Waals surface area contributed by atoms with Gasteiger partial charge in [-0.05, 0) is 67.1 Å². The largest absolute Gasteiger partial charge is 0.481 e. The standard InChI is InChI=1S/C21H30O4/c1-20-8-7-14(22)9-12(20)3-5-15-16-6-4-13(10-18(24)25)21(16,2)11-17(23)19(15)20/h4,12,14-16,19,22H,3,5-11H2,1-2H3,(H,24,25)/t12-,14+,15+,16+,19-,20-,21+/m0/s1. The van der Waals surface area contributed by atoms with Crippen LogP contribution in [-0.2, 0) is 9.59 Å². The third-order valence-electron chi connectivity index (χ3n) is 8.41. The van der Waals surface area contributed by atoms with Crippen LogP contribution in [-0.4, -0.2) is 28.1 Å². The van der Waals surface area contributed by atoms with Crippen LogP contribution in [0.4, 0.5) is 0 Å². The molecule has 3 saturated carbocycles. The summed E-state index contributed by atoms with van der Waals surface area (Å²) in [4.78, 5) is 24.6. The number of ketones is 1. The first-order valence-electron chi connectivity index (χ1n) is 9.88. The number of Topliss-reactive ketones (excluding diaryl/α,β-unsaturated/α-hetero) is 1. The van der Waals surface area contributed by atoms with Crippen LogP contribution in [0.2, 0.25) is 0 Å². The minimum atomic E-state index is -0.792. The molecule has 4 aliphatic rings. The Morgan fingerprint density at radius 3 is 2.76 bits per heavy atom. The number of aliphatic hydroxyl groups excluding tert-OH is 1. The molecule has 138 valence electrons. The minimum absolute atomic E-state index is 0.0239. The maximum Gasteiger partial charge on any atom is 0.307 e. The highest BCUT2D eigenvalue weighted by atomic mass is 16.4. The van der Waals surface area contributed by atoms with E-state index >= 15 is 0 Å².